The first-order valence-electron chi connectivity index (χ1n) is 6.43. The van der Waals surface area contributed by atoms with E-state index < -0.39 is 0 Å². The summed E-state index contributed by atoms with van der Waals surface area (Å²) >= 11 is 0. The summed E-state index contributed by atoms with van der Waals surface area (Å²) in [7, 11) is 0. The van der Waals surface area contributed by atoms with E-state index in [2.05, 4.69) is 9.97 Å². The van der Waals surface area contributed by atoms with Crippen LogP contribution in [0.25, 0.3) is 33.5 Å². The summed E-state index contributed by atoms with van der Waals surface area (Å²) in [6, 6.07) is 13.9. The Morgan fingerprint density at radius 2 is 1.95 bits per heavy atom. The molecular formula is C16H10N2O3. The number of H-pyrrole nitrogens is 1. The van der Waals surface area contributed by atoms with Gasteiger partial charge in [0.25, 0.3) is 5.56 Å². The number of nitrogens with one attached hydrogen (secondary N) is 1. The minimum absolute atomic E-state index is 0.0336. The van der Waals surface area contributed by atoms with E-state index in [1.165, 1.54) is 12.1 Å². The molecule has 2 aromatic heterocycles. The van der Waals surface area contributed by atoms with Crippen LogP contribution in [0.4, 0.5) is 0 Å². The average Bonchev–Trinajstić information content (AvgIpc) is 2.92. The molecule has 0 bridgehead atoms. The van der Waals surface area contributed by atoms with Gasteiger partial charge in [-0.1, -0.05) is 18.2 Å². The van der Waals surface area contributed by atoms with Crippen molar-refractivity contribution in [3.05, 3.63) is 58.9 Å². The Morgan fingerprint density at radius 3 is 2.81 bits per heavy atom. The van der Waals surface area contributed by atoms with Crippen molar-refractivity contribution in [3.63, 3.8) is 0 Å². The Balaban J connectivity index is 1.98. The zero-order valence-corrected chi connectivity index (χ0v) is 10.8. The molecule has 102 valence electrons. The minimum Gasteiger partial charge on any atom is -0.508 e. The van der Waals surface area contributed by atoms with Crippen molar-refractivity contribution in [2.75, 3.05) is 0 Å². The lowest BCUT2D eigenvalue weighted by atomic mass is 10.2. The van der Waals surface area contributed by atoms with E-state index in [1.54, 1.807) is 6.07 Å². The molecule has 0 amide bonds. The van der Waals surface area contributed by atoms with Crippen molar-refractivity contribution < 1.29 is 9.52 Å². The number of rotatable bonds is 1. The van der Waals surface area contributed by atoms with Gasteiger partial charge in [-0.25, -0.2) is 4.98 Å². The molecule has 0 aliphatic carbocycles. The van der Waals surface area contributed by atoms with E-state index in [9.17, 15) is 9.90 Å². The van der Waals surface area contributed by atoms with E-state index >= 15 is 0 Å². The van der Waals surface area contributed by atoms with Crippen LogP contribution >= 0.6 is 0 Å². The van der Waals surface area contributed by atoms with E-state index in [0.29, 0.717) is 22.5 Å². The Kier molecular flexibility index (Phi) is 2.35. The Morgan fingerprint density at radius 1 is 1.10 bits per heavy atom. The number of phenolic OH excluding ortho intramolecular Hbond substituents is 1. The number of hydrogen-bond donors (Lipinski definition) is 2. The number of hydrogen-bond acceptors (Lipinski definition) is 4. The number of nitrogens with zero attached hydrogens (tertiary/aromatic N) is 1. The van der Waals surface area contributed by atoms with Gasteiger partial charge in [0.05, 0.1) is 10.9 Å². The van der Waals surface area contributed by atoms with Gasteiger partial charge < -0.3 is 14.5 Å². The summed E-state index contributed by atoms with van der Waals surface area (Å²) in [5, 5.41) is 10.7. The van der Waals surface area contributed by atoms with Gasteiger partial charge in [-0.05, 0) is 30.3 Å². The molecule has 0 fully saturated rings. The number of benzene rings is 2. The van der Waals surface area contributed by atoms with Crippen LogP contribution in [0.5, 0.6) is 5.75 Å². The van der Waals surface area contributed by atoms with E-state index in [1.807, 2.05) is 30.3 Å². The molecule has 21 heavy (non-hydrogen) atoms. The molecule has 0 spiro atoms. The van der Waals surface area contributed by atoms with Crippen LogP contribution in [0.1, 0.15) is 0 Å². The summed E-state index contributed by atoms with van der Waals surface area (Å²) in [4.78, 5) is 19.2. The molecule has 0 aliphatic rings. The fourth-order valence-electron chi connectivity index (χ4n) is 2.34. The molecule has 0 saturated heterocycles. The molecule has 5 nitrogen and oxygen atoms in total. The van der Waals surface area contributed by atoms with E-state index in [0.717, 1.165) is 11.0 Å². The van der Waals surface area contributed by atoms with Crippen molar-refractivity contribution >= 4 is 21.9 Å². The lowest BCUT2D eigenvalue weighted by Gasteiger charge is -2.00. The molecule has 5 heteroatoms. The van der Waals surface area contributed by atoms with Gasteiger partial charge in [0, 0.05) is 5.39 Å². The quantitative estimate of drug-likeness (QED) is 0.561. The second kappa shape index (κ2) is 4.21. The highest BCUT2D eigenvalue weighted by atomic mass is 16.3. The fourth-order valence-corrected chi connectivity index (χ4v) is 2.34. The van der Waals surface area contributed by atoms with Crippen LogP contribution in [0.3, 0.4) is 0 Å². The van der Waals surface area contributed by atoms with Crippen molar-refractivity contribution in [2.24, 2.45) is 0 Å². The number of para-hydroxylation sites is 1. The zero-order chi connectivity index (χ0) is 14.4. The van der Waals surface area contributed by atoms with Gasteiger partial charge in [-0.15, -0.1) is 0 Å². The second-order valence-corrected chi connectivity index (χ2v) is 4.76. The smallest absolute Gasteiger partial charge is 0.259 e. The zero-order valence-electron chi connectivity index (χ0n) is 10.8. The summed E-state index contributed by atoms with van der Waals surface area (Å²) in [5.41, 5.74) is 0.930. The number of aromatic amines is 1. The van der Waals surface area contributed by atoms with Gasteiger partial charge in [0.1, 0.15) is 11.3 Å². The number of aromatic nitrogens is 2. The van der Waals surface area contributed by atoms with Crippen molar-refractivity contribution in [3.8, 4) is 17.3 Å². The molecule has 4 aromatic rings. The molecule has 0 atom stereocenters. The fraction of sp³-hybridized carbons (Fsp3) is 0. The molecule has 0 radical (unpaired) electrons. The third kappa shape index (κ3) is 1.87. The highest BCUT2D eigenvalue weighted by molar-refractivity contribution is 5.84. The standard InChI is InChI=1S/C16H10N2O3/c19-10-5-6-12-11(8-10)16(20)18-15(17-12)14-7-9-3-1-2-4-13(9)21-14/h1-8,19H,(H,17,18,20). The first-order chi connectivity index (χ1) is 10.2. The number of furan rings is 1. The summed E-state index contributed by atoms with van der Waals surface area (Å²) in [6.45, 7) is 0. The van der Waals surface area contributed by atoms with Crippen molar-refractivity contribution in [1.29, 1.82) is 0 Å². The monoisotopic (exact) mass is 278 g/mol. The van der Waals surface area contributed by atoms with Gasteiger partial charge >= 0.3 is 0 Å². The largest absolute Gasteiger partial charge is 0.508 e. The molecule has 0 saturated carbocycles. The highest BCUT2D eigenvalue weighted by Gasteiger charge is 2.11. The maximum Gasteiger partial charge on any atom is 0.259 e. The van der Waals surface area contributed by atoms with Crippen LogP contribution < -0.4 is 5.56 Å². The normalized spacial score (nSPS) is 11.2. The van der Waals surface area contributed by atoms with Crippen LogP contribution in [0, 0.1) is 0 Å². The number of fused-ring (bicyclic) bond motifs is 2. The number of aromatic hydroxyl groups is 1. The lowest BCUT2D eigenvalue weighted by molar-refractivity contribution is 0.476. The summed E-state index contributed by atoms with van der Waals surface area (Å²) in [6.07, 6.45) is 0. The Bertz CT molecular complexity index is 997. The predicted octanol–water partition coefficient (Wildman–Crippen LogP) is 3.04. The van der Waals surface area contributed by atoms with Gasteiger partial charge in [-0.3, -0.25) is 4.79 Å². The second-order valence-electron chi connectivity index (χ2n) is 4.76. The molecule has 4 rings (SSSR count). The molecule has 0 unspecified atom stereocenters. The average molecular weight is 278 g/mol. The van der Waals surface area contributed by atoms with Crippen molar-refractivity contribution in [1.82, 2.24) is 9.97 Å². The maximum absolute atomic E-state index is 12.1. The van der Waals surface area contributed by atoms with Crippen LogP contribution in [0.15, 0.2) is 57.7 Å². The van der Waals surface area contributed by atoms with Gasteiger partial charge in [0.15, 0.2) is 11.6 Å². The maximum atomic E-state index is 12.1. The predicted molar refractivity (Wildman–Crippen MR) is 79.2 cm³/mol. The SMILES string of the molecule is O=c1[nH]c(-c2cc3ccccc3o2)nc2ccc(O)cc12. The van der Waals surface area contributed by atoms with Crippen molar-refractivity contribution in [2.45, 2.75) is 0 Å². The minimum atomic E-state index is -0.314. The summed E-state index contributed by atoms with van der Waals surface area (Å²) < 4.78 is 5.70. The molecule has 0 aliphatic heterocycles. The van der Waals surface area contributed by atoms with E-state index in [4.69, 9.17) is 4.42 Å². The van der Waals surface area contributed by atoms with E-state index in [-0.39, 0.29) is 11.3 Å². The number of phenols is 1. The molecule has 2 heterocycles. The first kappa shape index (κ1) is 11.7. The molecule has 2 aromatic carbocycles. The lowest BCUT2D eigenvalue weighted by Crippen LogP contribution is -2.09. The van der Waals surface area contributed by atoms with Gasteiger partial charge in [0.2, 0.25) is 0 Å². The van der Waals surface area contributed by atoms with Gasteiger partial charge in [-0.2, -0.15) is 0 Å². The first-order valence-corrected chi connectivity index (χ1v) is 6.43. The highest BCUT2D eigenvalue weighted by Crippen LogP contribution is 2.26. The topological polar surface area (TPSA) is 79.1 Å². The van der Waals surface area contributed by atoms with Crippen LogP contribution in [0.2, 0.25) is 0 Å². The Labute approximate surface area is 118 Å². The molecular weight excluding hydrogens is 268 g/mol. The van der Waals surface area contributed by atoms with Crippen LogP contribution in [-0.4, -0.2) is 15.1 Å². The third-order valence-electron chi connectivity index (χ3n) is 3.35. The Hall–Kier alpha value is -3.08. The third-order valence-corrected chi connectivity index (χ3v) is 3.35. The summed E-state index contributed by atoms with van der Waals surface area (Å²) in [5.74, 6) is 0.906. The molecule has 2 N–H and O–H groups in total. The van der Waals surface area contributed by atoms with Crippen LogP contribution in [-0.2, 0) is 0 Å².